The summed E-state index contributed by atoms with van der Waals surface area (Å²) in [5, 5.41) is 22.1. The average molecular weight is 271 g/mol. The zero-order valence-electron chi connectivity index (χ0n) is 11.1. The Morgan fingerprint density at radius 3 is 2.85 bits per heavy atom. The third kappa shape index (κ3) is 2.62. The molecule has 0 radical (unpaired) electrons. The van der Waals surface area contributed by atoms with Crippen LogP contribution in [0.4, 0.5) is 0 Å². The van der Waals surface area contributed by atoms with E-state index in [9.17, 15) is 4.79 Å². The normalized spacial score (nSPS) is 10.1. The number of hydrogen-bond donors (Lipinski definition) is 1. The SMILES string of the molecule is Cc1nn(C)c(Oc2ccccc2CC(=O)O)c1C#N. The van der Waals surface area contributed by atoms with Crippen LogP contribution in [0.1, 0.15) is 16.8 Å². The molecule has 102 valence electrons. The molecule has 0 aliphatic carbocycles. The van der Waals surface area contributed by atoms with Crippen LogP contribution in [-0.4, -0.2) is 20.9 Å². The zero-order chi connectivity index (χ0) is 14.7. The lowest BCUT2D eigenvalue weighted by Gasteiger charge is -2.10. The van der Waals surface area contributed by atoms with Gasteiger partial charge in [-0.15, -0.1) is 0 Å². The van der Waals surface area contributed by atoms with E-state index in [4.69, 9.17) is 15.1 Å². The predicted octanol–water partition coefficient (Wildman–Crippen LogP) is 2.02. The van der Waals surface area contributed by atoms with Crippen molar-refractivity contribution in [1.82, 2.24) is 9.78 Å². The van der Waals surface area contributed by atoms with Crippen molar-refractivity contribution in [1.29, 1.82) is 5.26 Å². The van der Waals surface area contributed by atoms with Crippen LogP contribution in [0.25, 0.3) is 0 Å². The summed E-state index contributed by atoms with van der Waals surface area (Å²) in [5.41, 5.74) is 1.46. The summed E-state index contributed by atoms with van der Waals surface area (Å²) in [4.78, 5) is 10.8. The molecule has 0 aliphatic rings. The summed E-state index contributed by atoms with van der Waals surface area (Å²) in [6.45, 7) is 1.72. The third-order valence-corrected chi connectivity index (χ3v) is 2.80. The van der Waals surface area contributed by atoms with Crippen molar-refractivity contribution in [3.63, 3.8) is 0 Å². The van der Waals surface area contributed by atoms with Crippen molar-refractivity contribution in [2.75, 3.05) is 0 Å². The van der Waals surface area contributed by atoms with E-state index in [0.29, 0.717) is 28.5 Å². The highest BCUT2D eigenvalue weighted by Gasteiger charge is 2.17. The van der Waals surface area contributed by atoms with Gasteiger partial charge < -0.3 is 9.84 Å². The quantitative estimate of drug-likeness (QED) is 0.919. The van der Waals surface area contributed by atoms with Crippen LogP contribution >= 0.6 is 0 Å². The van der Waals surface area contributed by atoms with Gasteiger partial charge in [0.05, 0.1) is 12.1 Å². The number of nitriles is 1. The van der Waals surface area contributed by atoms with E-state index in [2.05, 4.69) is 5.10 Å². The Morgan fingerprint density at radius 2 is 2.20 bits per heavy atom. The summed E-state index contributed by atoms with van der Waals surface area (Å²) in [6.07, 6.45) is -0.144. The van der Waals surface area contributed by atoms with Crippen LogP contribution in [0.15, 0.2) is 24.3 Å². The largest absolute Gasteiger partial charge is 0.481 e. The first kappa shape index (κ1) is 13.6. The van der Waals surface area contributed by atoms with Gasteiger partial charge in [-0.25, -0.2) is 4.68 Å². The topological polar surface area (TPSA) is 88.1 Å². The lowest BCUT2D eigenvalue weighted by atomic mass is 10.1. The van der Waals surface area contributed by atoms with E-state index in [-0.39, 0.29) is 6.42 Å². The Balaban J connectivity index is 2.41. The number of carbonyl (C=O) groups is 1. The Kier molecular flexibility index (Phi) is 3.71. The smallest absolute Gasteiger partial charge is 0.307 e. The van der Waals surface area contributed by atoms with Crippen LogP contribution in [0, 0.1) is 18.3 Å². The standard InChI is InChI=1S/C14H13N3O3/c1-9-11(8-15)14(17(2)16-9)20-12-6-4-3-5-10(12)7-13(18)19/h3-6H,7H2,1-2H3,(H,18,19). The number of aryl methyl sites for hydroxylation is 2. The van der Waals surface area contributed by atoms with Gasteiger partial charge in [0.25, 0.3) is 0 Å². The summed E-state index contributed by atoms with van der Waals surface area (Å²) >= 11 is 0. The maximum atomic E-state index is 10.8. The van der Waals surface area contributed by atoms with Crippen LogP contribution in [-0.2, 0) is 18.3 Å². The maximum Gasteiger partial charge on any atom is 0.307 e. The molecule has 0 spiro atoms. The lowest BCUT2D eigenvalue weighted by Crippen LogP contribution is -2.03. The van der Waals surface area contributed by atoms with Gasteiger partial charge in [-0.1, -0.05) is 18.2 Å². The fourth-order valence-corrected chi connectivity index (χ4v) is 1.90. The van der Waals surface area contributed by atoms with Crippen molar-refractivity contribution < 1.29 is 14.6 Å². The molecule has 2 rings (SSSR count). The van der Waals surface area contributed by atoms with Crippen molar-refractivity contribution >= 4 is 5.97 Å². The van der Waals surface area contributed by atoms with Gasteiger partial charge in [0.1, 0.15) is 17.4 Å². The van der Waals surface area contributed by atoms with Crippen molar-refractivity contribution in [3.05, 3.63) is 41.1 Å². The number of rotatable bonds is 4. The van der Waals surface area contributed by atoms with Crippen molar-refractivity contribution in [3.8, 4) is 17.7 Å². The predicted molar refractivity (Wildman–Crippen MR) is 70.5 cm³/mol. The number of benzene rings is 1. The molecule has 1 aromatic heterocycles. The molecule has 2 aromatic rings. The van der Waals surface area contributed by atoms with Gasteiger partial charge in [-0.05, 0) is 13.0 Å². The van der Waals surface area contributed by atoms with Crippen molar-refractivity contribution in [2.24, 2.45) is 7.05 Å². The molecule has 0 saturated carbocycles. The van der Waals surface area contributed by atoms with E-state index in [1.807, 2.05) is 6.07 Å². The number of para-hydroxylation sites is 1. The Labute approximate surface area is 115 Å². The van der Waals surface area contributed by atoms with Gasteiger partial charge in [0, 0.05) is 12.6 Å². The van der Waals surface area contributed by atoms with Gasteiger partial charge >= 0.3 is 5.97 Å². The minimum Gasteiger partial charge on any atom is -0.481 e. The molecule has 0 fully saturated rings. The van der Waals surface area contributed by atoms with Crippen LogP contribution in [0.5, 0.6) is 11.6 Å². The molecule has 1 N–H and O–H groups in total. The molecule has 0 aliphatic heterocycles. The summed E-state index contributed by atoms with van der Waals surface area (Å²) in [7, 11) is 1.67. The Hall–Kier alpha value is -2.81. The number of carboxylic acids is 1. The first-order valence-electron chi connectivity index (χ1n) is 5.94. The third-order valence-electron chi connectivity index (χ3n) is 2.80. The second-order valence-electron chi connectivity index (χ2n) is 4.28. The number of aliphatic carboxylic acids is 1. The van der Waals surface area contributed by atoms with Crippen molar-refractivity contribution in [2.45, 2.75) is 13.3 Å². The number of hydrogen-bond acceptors (Lipinski definition) is 4. The molecule has 0 unspecified atom stereocenters. The number of nitrogens with zero attached hydrogens (tertiary/aromatic N) is 3. The molecule has 20 heavy (non-hydrogen) atoms. The molecule has 1 heterocycles. The average Bonchev–Trinajstić information content (AvgIpc) is 2.65. The number of aromatic nitrogens is 2. The second kappa shape index (κ2) is 5.45. The number of carboxylic acid groups (broad SMARTS) is 1. The van der Waals surface area contributed by atoms with E-state index >= 15 is 0 Å². The molecule has 0 bridgehead atoms. The van der Waals surface area contributed by atoms with Crippen LogP contribution < -0.4 is 4.74 Å². The summed E-state index contributed by atoms with van der Waals surface area (Å²) < 4.78 is 7.16. The highest BCUT2D eigenvalue weighted by Crippen LogP contribution is 2.29. The van der Waals surface area contributed by atoms with E-state index < -0.39 is 5.97 Å². The summed E-state index contributed by atoms with van der Waals surface area (Å²) in [5.74, 6) is -0.222. The molecule has 0 saturated heterocycles. The van der Waals surface area contributed by atoms with Crippen LogP contribution in [0.3, 0.4) is 0 Å². The van der Waals surface area contributed by atoms with Gasteiger partial charge in [-0.2, -0.15) is 10.4 Å². The van der Waals surface area contributed by atoms with Crippen LogP contribution in [0.2, 0.25) is 0 Å². The molecule has 6 nitrogen and oxygen atoms in total. The minimum atomic E-state index is -0.942. The van der Waals surface area contributed by atoms with Gasteiger partial charge in [-0.3, -0.25) is 4.79 Å². The molecule has 0 atom stereocenters. The highest BCUT2D eigenvalue weighted by molar-refractivity contribution is 5.71. The first-order valence-corrected chi connectivity index (χ1v) is 5.94. The van der Waals surface area contributed by atoms with Gasteiger partial charge in [0.2, 0.25) is 5.88 Å². The van der Waals surface area contributed by atoms with Gasteiger partial charge in [0.15, 0.2) is 0 Å². The molecule has 1 aromatic carbocycles. The molecule has 6 heteroatoms. The monoisotopic (exact) mass is 271 g/mol. The highest BCUT2D eigenvalue weighted by atomic mass is 16.5. The first-order chi connectivity index (χ1) is 9.52. The minimum absolute atomic E-state index is 0.144. The molecule has 0 amide bonds. The summed E-state index contributed by atoms with van der Waals surface area (Å²) in [6, 6.07) is 8.88. The Bertz CT molecular complexity index is 698. The fraction of sp³-hybridized carbons (Fsp3) is 0.214. The van der Waals surface area contributed by atoms with E-state index in [0.717, 1.165) is 0 Å². The molecular weight excluding hydrogens is 258 g/mol. The lowest BCUT2D eigenvalue weighted by molar-refractivity contribution is -0.136. The fourth-order valence-electron chi connectivity index (χ4n) is 1.90. The number of ether oxygens (including phenoxy) is 1. The maximum absolute atomic E-state index is 10.8. The molecular formula is C14H13N3O3. The van der Waals surface area contributed by atoms with E-state index in [1.165, 1.54) is 4.68 Å². The Morgan fingerprint density at radius 1 is 1.50 bits per heavy atom. The second-order valence-corrected chi connectivity index (χ2v) is 4.28. The van der Waals surface area contributed by atoms with E-state index in [1.54, 1.807) is 38.2 Å². The zero-order valence-corrected chi connectivity index (χ0v) is 11.1.